The van der Waals surface area contributed by atoms with Crippen molar-refractivity contribution in [2.75, 3.05) is 6.61 Å². The maximum atomic E-state index is 12.4. The number of carbonyl (C=O) groups excluding carboxylic acids is 1. The van der Waals surface area contributed by atoms with Crippen LogP contribution in [0.4, 0.5) is 13.2 Å². The average Bonchev–Trinajstić information content (AvgIpc) is 2.52. The van der Waals surface area contributed by atoms with Gasteiger partial charge in [0.05, 0.1) is 12.2 Å². The van der Waals surface area contributed by atoms with Crippen LogP contribution in [0.15, 0.2) is 48.7 Å². The molecule has 0 bridgehead atoms. The molecule has 2 aromatic rings. The molecule has 0 aliphatic rings. The summed E-state index contributed by atoms with van der Waals surface area (Å²) in [5, 5.41) is 0. The molecular formula is C16H14F3NO2. The second-order valence-corrected chi connectivity index (χ2v) is 4.65. The Hall–Kier alpha value is -2.37. The van der Waals surface area contributed by atoms with Crippen molar-refractivity contribution < 1.29 is 22.7 Å². The fourth-order valence-electron chi connectivity index (χ4n) is 1.85. The number of benzene rings is 1. The minimum Gasteiger partial charge on any atom is -0.462 e. The molecular weight excluding hydrogens is 295 g/mol. The fraction of sp³-hybridized carbons (Fsp3) is 0.250. The van der Waals surface area contributed by atoms with E-state index in [0.717, 1.165) is 30.3 Å². The van der Waals surface area contributed by atoms with Crippen LogP contribution < -0.4 is 0 Å². The maximum absolute atomic E-state index is 12.4. The van der Waals surface area contributed by atoms with Gasteiger partial charge in [-0.25, -0.2) is 4.79 Å². The Balaban J connectivity index is 1.80. The minimum absolute atomic E-state index is 0.00714. The van der Waals surface area contributed by atoms with Crippen molar-refractivity contribution in [3.05, 3.63) is 65.5 Å². The van der Waals surface area contributed by atoms with Crippen molar-refractivity contribution >= 4 is 5.97 Å². The van der Waals surface area contributed by atoms with Gasteiger partial charge in [0, 0.05) is 6.20 Å². The number of rotatable bonds is 5. The van der Waals surface area contributed by atoms with Crippen LogP contribution in [-0.2, 0) is 17.3 Å². The first-order valence-electron chi connectivity index (χ1n) is 6.71. The molecule has 0 spiro atoms. The Bertz CT molecular complexity index is 610. The summed E-state index contributed by atoms with van der Waals surface area (Å²) in [5.41, 5.74) is 0.107. The van der Waals surface area contributed by atoms with Crippen LogP contribution in [0.3, 0.4) is 0 Å². The van der Waals surface area contributed by atoms with E-state index < -0.39 is 17.8 Å². The number of aryl methyl sites for hydroxylation is 1. The lowest BCUT2D eigenvalue weighted by atomic mass is 10.1. The first-order chi connectivity index (χ1) is 10.5. The number of carbonyl (C=O) groups is 1. The summed E-state index contributed by atoms with van der Waals surface area (Å²) >= 11 is 0. The standard InChI is InChI=1S/C16H14F3NO2/c17-16(18,19)14-9-8-13(11-20-14)15(21)22-10-4-7-12-5-2-1-3-6-12/h1-3,5-6,8-9,11H,4,7,10H2. The average molecular weight is 309 g/mol. The van der Waals surface area contributed by atoms with Gasteiger partial charge in [-0.1, -0.05) is 30.3 Å². The monoisotopic (exact) mass is 309 g/mol. The highest BCUT2D eigenvalue weighted by Gasteiger charge is 2.32. The van der Waals surface area contributed by atoms with Gasteiger partial charge in [-0.3, -0.25) is 4.98 Å². The Morgan fingerprint density at radius 3 is 2.41 bits per heavy atom. The molecule has 0 radical (unpaired) electrons. The summed E-state index contributed by atoms with van der Waals surface area (Å²) in [6, 6.07) is 11.5. The van der Waals surface area contributed by atoms with E-state index >= 15 is 0 Å². The van der Waals surface area contributed by atoms with E-state index in [-0.39, 0.29) is 12.2 Å². The normalized spacial score (nSPS) is 11.2. The van der Waals surface area contributed by atoms with E-state index in [1.54, 1.807) is 0 Å². The number of esters is 1. The highest BCUT2D eigenvalue weighted by atomic mass is 19.4. The molecule has 0 N–H and O–H groups in total. The topological polar surface area (TPSA) is 39.2 Å². The first kappa shape index (κ1) is 16.0. The van der Waals surface area contributed by atoms with Crippen LogP contribution in [0.2, 0.25) is 0 Å². The smallest absolute Gasteiger partial charge is 0.433 e. The molecule has 116 valence electrons. The second kappa shape index (κ2) is 7.06. The molecule has 0 amide bonds. The summed E-state index contributed by atoms with van der Waals surface area (Å²) in [6.07, 6.45) is -2.23. The molecule has 1 heterocycles. The molecule has 2 rings (SSSR count). The fourth-order valence-corrected chi connectivity index (χ4v) is 1.85. The molecule has 0 aliphatic heterocycles. The van der Waals surface area contributed by atoms with E-state index in [4.69, 9.17) is 4.74 Å². The predicted molar refractivity (Wildman–Crippen MR) is 74.3 cm³/mol. The van der Waals surface area contributed by atoms with Gasteiger partial charge in [-0.15, -0.1) is 0 Å². The zero-order valence-corrected chi connectivity index (χ0v) is 11.6. The first-order valence-corrected chi connectivity index (χ1v) is 6.71. The quantitative estimate of drug-likeness (QED) is 0.621. The van der Waals surface area contributed by atoms with Crippen molar-refractivity contribution in [3.8, 4) is 0 Å². The highest BCUT2D eigenvalue weighted by molar-refractivity contribution is 5.88. The third-order valence-electron chi connectivity index (χ3n) is 2.98. The molecule has 1 aromatic carbocycles. The third kappa shape index (κ3) is 4.58. The summed E-state index contributed by atoms with van der Waals surface area (Å²) in [7, 11) is 0. The van der Waals surface area contributed by atoms with Gasteiger partial charge in [0.15, 0.2) is 0 Å². The van der Waals surface area contributed by atoms with Crippen LogP contribution in [0.5, 0.6) is 0 Å². The summed E-state index contributed by atoms with van der Waals surface area (Å²) in [6.45, 7) is 0.203. The SMILES string of the molecule is O=C(OCCCc1ccccc1)c1ccc(C(F)(F)F)nc1. The Morgan fingerprint density at radius 1 is 1.09 bits per heavy atom. The summed E-state index contributed by atoms with van der Waals surface area (Å²) in [4.78, 5) is 14.9. The van der Waals surface area contributed by atoms with Gasteiger partial charge in [-0.05, 0) is 30.5 Å². The van der Waals surface area contributed by atoms with Gasteiger partial charge >= 0.3 is 12.1 Å². The van der Waals surface area contributed by atoms with E-state index in [0.29, 0.717) is 6.42 Å². The lowest BCUT2D eigenvalue weighted by Crippen LogP contribution is -2.11. The summed E-state index contributed by atoms with van der Waals surface area (Å²) < 4.78 is 42.1. The van der Waals surface area contributed by atoms with E-state index in [2.05, 4.69) is 4.98 Å². The number of nitrogens with zero attached hydrogens (tertiary/aromatic N) is 1. The van der Waals surface area contributed by atoms with Gasteiger partial charge < -0.3 is 4.74 Å². The largest absolute Gasteiger partial charge is 0.462 e. The number of aromatic nitrogens is 1. The van der Waals surface area contributed by atoms with E-state index in [9.17, 15) is 18.0 Å². The molecule has 6 heteroatoms. The van der Waals surface area contributed by atoms with Gasteiger partial charge in [0.2, 0.25) is 0 Å². The number of hydrogen-bond donors (Lipinski definition) is 0. The van der Waals surface area contributed by atoms with Crippen molar-refractivity contribution in [2.45, 2.75) is 19.0 Å². The lowest BCUT2D eigenvalue weighted by Gasteiger charge is -2.07. The van der Waals surface area contributed by atoms with Gasteiger partial charge in [0.1, 0.15) is 5.69 Å². The molecule has 0 saturated carbocycles. The number of hydrogen-bond acceptors (Lipinski definition) is 3. The van der Waals surface area contributed by atoms with E-state index in [1.807, 2.05) is 30.3 Å². The molecule has 0 saturated heterocycles. The lowest BCUT2D eigenvalue weighted by molar-refractivity contribution is -0.141. The van der Waals surface area contributed by atoms with E-state index in [1.165, 1.54) is 0 Å². The van der Waals surface area contributed by atoms with Crippen LogP contribution in [0.25, 0.3) is 0 Å². The molecule has 0 aliphatic carbocycles. The second-order valence-electron chi connectivity index (χ2n) is 4.65. The number of halogens is 3. The molecule has 22 heavy (non-hydrogen) atoms. The van der Waals surface area contributed by atoms with Crippen molar-refractivity contribution in [1.29, 1.82) is 0 Å². The third-order valence-corrected chi connectivity index (χ3v) is 2.98. The zero-order valence-electron chi connectivity index (χ0n) is 11.6. The summed E-state index contributed by atoms with van der Waals surface area (Å²) in [5.74, 6) is -0.672. The molecule has 1 aromatic heterocycles. The molecule has 3 nitrogen and oxygen atoms in total. The zero-order chi connectivity index (χ0) is 16.0. The van der Waals surface area contributed by atoms with Crippen molar-refractivity contribution in [3.63, 3.8) is 0 Å². The van der Waals surface area contributed by atoms with Crippen molar-refractivity contribution in [2.24, 2.45) is 0 Å². The van der Waals surface area contributed by atoms with Crippen LogP contribution in [0, 0.1) is 0 Å². The minimum atomic E-state index is -4.52. The number of ether oxygens (including phenoxy) is 1. The van der Waals surface area contributed by atoms with Gasteiger partial charge in [0.25, 0.3) is 0 Å². The molecule has 0 fully saturated rings. The number of alkyl halides is 3. The maximum Gasteiger partial charge on any atom is 0.433 e. The van der Waals surface area contributed by atoms with Crippen LogP contribution in [-0.4, -0.2) is 17.6 Å². The molecule has 0 unspecified atom stereocenters. The number of pyridine rings is 1. The predicted octanol–water partition coefficient (Wildman–Crippen LogP) is 3.89. The highest BCUT2D eigenvalue weighted by Crippen LogP contribution is 2.27. The van der Waals surface area contributed by atoms with Crippen LogP contribution in [0.1, 0.15) is 28.0 Å². The van der Waals surface area contributed by atoms with Crippen LogP contribution >= 0.6 is 0 Å². The molecule has 0 atom stereocenters. The van der Waals surface area contributed by atoms with Gasteiger partial charge in [-0.2, -0.15) is 13.2 Å². The Morgan fingerprint density at radius 2 is 1.82 bits per heavy atom. The van der Waals surface area contributed by atoms with Crippen molar-refractivity contribution in [1.82, 2.24) is 4.98 Å². The Labute approximate surface area is 125 Å². The Kier molecular flexibility index (Phi) is 5.14.